The Morgan fingerprint density at radius 1 is 1.17 bits per heavy atom. The number of carbonyl (C=O) groups excluding carboxylic acids is 1. The minimum absolute atomic E-state index is 0.146. The van der Waals surface area contributed by atoms with Crippen molar-refractivity contribution in [3.8, 4) is 0 Å². The molecule has 0 spiro atoms. The van der Waals surface area contributed by atoms with Crippen LogP contribution in [0.5, 0.6) is 0 Å². The summed E-state index contributed by atoms with van der Waals surface area (Å²) in [5.41, 5.74) is -0.354. The summed E-state index contributed by atoms with van der Waals surface area (Å²) >= 11 is 0. The summed E-state index contributed by atoms with van der Waals surface area (Å²) in [6.45, 7) is 0. The van der Waals surface area contributed by atoms with Gasteiger partial charge in [-0.25, -0.2) is 4.79 Å². The van der Waals surface area contributed by atoms with Gasteiger partial charge < -0.3 is 15.0 Å². The van der Waals surface area contributed by atoms with Gasteiger partial charge in [-0.3, -0.25) is 0 Å². The Morgan fingerprint density at radius 2 is 1.74 bits per heavy atom. The Morgan fingerprint density at radius 3 is 2.22 bits per heavy atom. The number of carbonyl (C=O) groups is 1. The quantitative estimate of drug-likeness (QED) is 0.895. The van der Waals surface area contributed by atoms with Crippen LogP contribution >= 0.6 is 0 Å². The number of benzene rings is 1. The van der Waals surface area contributed by atoms with E-state index in [0.29, 0.717) is 5.69 Å². The molecule has 23 heavy (non-hydrogen) atoms. The van der Waals surface area contributed by atoms with E-state index >= 15 is 0 Å². The monoisotopic (exact) mass is 328 g/mol. The lowest BCUT2D eigenvalue weighted by Crippen LogP contribution is -2.50. The molecule has 1 aromatic rings. The minimum Gasteiger partial charge on any atom is -0.381 e. The first-order valence-electron chi connectivity index (χ1n) is 7.68. The van der Waals surface area contributed by atoms with Crippen molar-refractivity contribution in [3.05, 3.63) is 29.8 Å². The van der Waals surface area contributed by atoms with Crippen LogP contribution < -0.4 is 5.32 Å². The first kappa shape index (κ1) is 16.1. The van der Waals surface area contributed by atoms with Crippen molar-refractivity contribution in [1.29, 1.82) is 0 Å². The number of methoxy groups -OCH3 is 1. The molecule has 2 amide bonds. The molecular formula is C16H19F3N2O2. The summed E-state index contributed by atoms with van der Waals surface area (Å²) in [6, 6.07) is 4.56. The highest BCUT2D eigenvalue weighted by Gasteiger charge is 2.43. The molecule has 2 bridgehead atoms. The van der Waals surface area contributed by atoms with Crippen molar-refractivity contribution in [2.45, 2.75) is 50.0 Å². The fourth-order valence-corrected chi connectivity index (χ4v) is 3.58. The summed E-state index contributed by atoms with van der Waals surface area (Å²) in [6.07, 6.45) is -0.664. The van der Waals surface area contributed by atoms with Gasteiger partial charge in [-0.2, -0.15) is 13.2 Å². The molecule has 126 valence electrons. The van der Waals surface area contributed by atoms with Crippen LogP contribution in [0, 0.1) is 0 Å². The van der Waals surface area contributed by atoms with Crippen molar-refractivity contribution in [2.24, 2.45) is 0 Å². The van der Waals surface area contributed by atoms with E-state index in [1.54, 1.807) is 7.11 Å². The highest BCUT2D eigenvalue weighted by Crippen LogP contribution is 2.37. The standard InChI is InChI=1S/C16H19F3N2O2/c1-23-14-8-12-6-7-13(9-14)21(12)15(22)20-11-4-2-10(3-5-11)16(17,18)19/h2-5,12-14H,6-9H2,1H3,(H,20,22). The Kier molecular flexibility index (Phi) is 4.23. The molecule has 0 aromatic heterocycles. The molecule has 4 nitrogen and oxygen atoms in total. The number of rotatable bonds is 2. The molecule has 0 aliphatic carbocycles. The predicted molar refractivity (Wildman–Crippen MR) is 79.1 cm³/mol. The van der Waals surface area contributed by atoms with Gasteiger partial charge in [-0.15, -0.1) is 0 Å². The van der Waals surface area contributed by atoms with Crippen LogP contribution in [0.15, 0.2) is 24.3 Å². The number of hydrogen-bond donors (Lipinski definition) is 1. The summed E-state index contributed by atoms with van der Waals surface area (Å²) in [7, 11) is 1.68. The molecule has 3 rings (SSSR count). The van der Waals surface area contributed by atoms with E-state index in [1.807, 2.05) is 4.90 Å². The van der Waals surface area contributed by atoms with Crippen LogP contribution in [-0.4, -0.2) is 36.2 Å². The maximum absolute atomic E-state index is 12.5. The van der Waals surface area contributed by atoms with E-state index in [0.717, 1.165) is 37.8 Å². The number of halogens is 3. The zero-order valence-electron chi connectivity index (χ0n) is 12.8. The Balaban J connectivity index is 1.66. The second-order valence-electron chi connectivity index (χ2n) is 6.13. The normalized spacial score (nSPS) is 27.1. The molecule has 2 aliphatic rings. The molecule has 0 saturated carbocycles. The predicted octanol–water partition coefficient (Wildman–Crippen LogP) is 3.88. The molecule has 1 N–H and O–H groups in total. The molecule has 2 aliphatic heterocycles. The highest BCUT2D eigenvalue weighted by atomic mass is 19.4. The number of alkyl halides is 3. The SMILES string of the molecule is COC1CC2CCC(C1)N2C(=O)Nc1ccc(C(F)(F)F)cc1. The van der Waals surface area contributed by atoms with Gasteiger partial charge in [0.05, 0.1) is 11.7 Å². The highest BCUT2D eigenvalue weighted by molar-refractivity contribution is 5.90. The van der Waals surface area contributed by atoms with Crippen molar-refractivity contribution in [1.82, 2.24) is 4.90 Å². The van der Waals surface area contributed by atoms with Crippen LogP contribution in [0.2, 0.25) is 0 Å². The average Bonchev–Trinajstić information content (AvgIpc) is 2.77. The van der Waals surface area contributed by atoms with E-state index < -0.39 is 11.7 Å². The fraction of sp³-hybridized carbons (Fsp3) is 0.562. The Hall–Kier alpha value is -1.76. The van der Waals surface area contributed by atoms with Crippen molar-refractivity contribution in [2.75, 3.05) is 12.4 Å². The Bertz CT molecular complexity index is 560. The second kappa shape index (κ2) is 6.03. The smallest absolute Gasteiger partial charge is 0.381 e. The summed E-state index contributed by atoms with van der Waals surface area (Å²) in [4.78, 5) is 14.3. The third-order valence-electron chi connectivity index (χ3n) is 4.72. The molecule has 0 radical (unpaired) electrons. The van der Waals surface area contributed by atoms with Crippen LogP contribution in [0.25, 0.3) is 0 Å². The van der Waals surface area contributed by atoms with Gasteiger partial charge in [0.1, 0.15) is 0 Å². The van der Waals surface area contributed by atoms with Crippen molar-refractivity contribution in [3.63, 3.8) is 0 Å². The van der Waals surface area contributed by atoms with E-state index in [1.165, 1.54) is 12.1 Å². The molecule has 1 aromatic carbocycles. The van der Waals surface area contributed by atoms with E-state index in [-0.39, 0.29) is 24.2 Å². The summed E-state index contributed by atoms with van der Waals surface area (Å²) < 4.78 is 43.0. The molecule has 7 heteroatoms. The number of fused-ring (bicyclic) bond motifs is 2. The third kappa shape index (κ3) is 3.29. The first-order valence-corrected chi connectivity index (χ1v) is 7.68. The van der Waals surface area contributed by atoms with Crippen LogP contribution in [0.4, 0.5) is 23.7 Å². The van der Waals surface area contributed by atoms with E-state index in [4.69, 9.17) is 4.74 Å². The lowest BCUT2D eigenvalue weighted by atomic mass is 10.0. The zero-order chi connectivity index (χ0) is 16.6. The molecule has 2 fully saturated rings. The fourth-order valence-electron chi connectivity index (χ4n) is 3.58. The molecule has 2 unspecified atom stereocenters. The van der Waals surface area contributed by atoms with E-state index in [2.05, 4.69) is 5.32 Å². The van der Waals surface area contributed by atoms with E-state index in [9.17, 15) is 18.0 Å². The molecule has 2 saturated heterocycles. The number of nitrogens with zero attached hydrogens (tertiary/aromatic N) is 1. The maximum atomic E-state index is 12.5. The number of hydrogen-bond acceptors (Lipinski definition) is 2. The third-order valence-corrected chi connectivity index (χ3v) is 4.72. The van der Waals surface area contributed by atoms with Crippen molar-refractivity contribution >= 4 is 11.7 Å². The van der Waals surface area contributed by atoms with Gasteiger partial charge in [-0.1, -0.05) is 0 Å². The van der Waals surface area contributed by atoms with Crippen molar-refractivity contribution < 1.29 is 22.7 Å². The largest absolute Gasteiger partial charge is 0.416 e. The van der Waals surface area contributed by atoms with Crippen LogP contribution in [0.3, 0.4) is 0 Å². The lowest BCUT2D eigenvalue weighted by Gasteiger charge is -2.38. The number of urea groups is 1. The molecular weight excluding hydrogens is 309 g/mol. The molecule has 2 heterocycles. The van der Waals surface area contributed by atoms with Crippen LogP contribution in [0.1, 0.15) is 31.2 Å². The topological polar surface area (TPSA) is 41.6 Å². The van der Waals surface area contributed by atoms with Gasteiger partial charge in [0.25, 0.3) is 0 Å². The minimum atomic E-state index is -4.37. The Labute approximate surface area is 132 Å². The maximum Gasteiger partial charge on any atom is 0.416 e. The number of piperidine rings is 1. The number of anilines is 1. The second-order valence-corrected chi connectivity index (χ2v) is 6.13. The lowest BCUT2D eigenvalue weighted by molar-refractivity contribution is -0.137. The van der Waals surface area contributed by atoms with Gasteiger partial charge in [0.15, 0.2) is 0 Å². The average molecular weight is 328 g/mol. The number of ether oxygens (including phenoxy) is 1. The number of amides is 2. The van der Waals surface area contributed by atoms with Gasteiger partial charge in [0.2, 0.25) is 0 Å². The zero-order valence-corrected chi connectivity index (χ0v) is 12.8. The van der Waals surface area contributed by atoms with Gasteiger partial charge in [-0.05, 0) is 49.9 Å². The van der Waals surface area contributed by atoms with Crippen LogP contribution in [-0.2, 0) is 10.9 Å². The first-order chi connectivity index (χ1) is 10.9. The summed E-state index contributed by atoms with van der Waals surface area (Å²) in [5.74, 6) is 0. The van der Waals surface area contributed by atoms with Gasteiger partial charge >= 0.3 is 12.2 Å². The number of nitrogens with one attached hydrogen (secondary N) is 1. The van der Waals surface area contributed by atoms with Gasteiger partial charge in [0, 0.05) is 24.9 Å². The summed E-state index contributed by atoms with van der Waals surface area (Å²) in [5, 5.41) is 2.70. The molecule has 2 atom stereocenters.